The van der Waals surface area contributed by atoms with E-state index in [1.165, 1.54) is 13.0 Å². The number of aryl methyl sites for hydroxylation is 1. The zero-order valence-corrected chi connectivity index (χ0v) is 7.81. The first-order valence-corrected chi connectivity index (χ1v) is 3.49. The molecule has 0 bridgehead atoms. The number of carbonyl (C=O) groups is 1. The molecule has 0 saturated heterocycles. The quantitative estimate of drug-likeness (QED) is 0.286. The van der Waals surface area contributed by atoms with E-state index in [1.54, 1.807) is 0 Å². The summed E-state index contributed by atoms with van der Waals surface area (Å²) in [5.41, 5.74) is 0.166. The maximum Gasteiger partial charge on any atom is 1.00 e. The Morgan fingerprint density at radius 1 is 1.43 bits per heavy atom. The maximum absolute atomic E-state index is 10.4. The number of hydrogen-bond acceptors (Lipinski definition) is 4. The summed E-state index contributed by atoms with van der Waals surface area (Å²) in [5.74, 6) is -1.34. The van der Waals surface area contributed by atoms with Gasteiger partial charge in [0.1, 0.15) is 0 Å². The van der Waals surface area contributed by atoms with Gasteiger partial charge in [-0.1, -0.05) is 0 Å². The third-order valence-corrected chi connectivity index (χ3v) is 1.63. The van der Waals surface area contributed by atoms with Crippen molar-refractivity contribution in [2.45, 2.75) is 6.92 Å². The van der Waals surface area contributed by atoms with Crippen molar-refractivity contribution >= 4 is 11.7 Å². The molecule has 1 aromatic rings. The monoisotopic (exact) mass is 187 g/mol. The molecule has 0 heterocycles. The van der Waals surface area contributed by atoms with Crippen LogP contribution in [0.15, 0.2) is 18.2 Å². The van der Waals surface area contributed by atoms with Gasteiger partial charge in [-0.2, -0.15) is 0 Å². The maximum atomic E-state index is 10.4. The van der Waals surface area contributed by atoms with E-state index in [0.717, 1.165) is 12.1 Å². The summed E-state index contributed by atoms with van der Waals surface area (Å²) in [6, 6.07) is 3.52. The molecule has 0 unspecified atom stereocenters. The second-order valence-corrected chi connectivity index (χ2v) is 2.55. The minimum Gasteiger partial charge on any atom is -0.545 e. The first kappa shape index (κ1) is 12.7. The molecule has 14 heavy (non-hydrogen) atoms. The van der Waals surface area contributed by atoms with E-state index in [1.807, 2.05) is 0 Å². The topological polar surface area (TPSA) is 83.3 Å². The van der Waals surface area contributed by atoms with Gasteiger partial charge in [-0.15, -0.1) is 0 Å². The largest absolute Gasteiger partial charge is 1.00 e. The van der Waals surface area contributed by atoms with Crippen LogP contribution in [0.2, 0.25) is 0 Å². The van der Waals surface area contributed by atoms with Gasteiger partial charge in [0.15, 0.2) is 0 Å². The van der Waals surface area contributed by atoms with Crippen molar-refractivity contribution in [2.75, 3.05) is 0 Å². The first-order chi connectivity index (χ1) is 6.02. The summed E-state index contributed by atoms with van der Waals surface area (Å²) in [4.78, 5) is 20.1. The fourth-order valence-electron chi connectivity index (χ4n) is 0.987. The Hall–Kier alpha value is -1.31. The van der Waals surface area contributed by atoms with Crippen LogP contribution < -0.4 is 24.0 Å². The molecule has 0 aromatic heterocycles. The van der Waals surface area contributed by atoms with Crippen LogP contribution in [0, 0.1) is 17.0 Å². The van der Waals surface area contributed by atoms with Crippen molar-refractivity contribution in [3.63, 3.8) is 0 Å². The Bertz CT molecular complexity index is 378. The van der Waals surface area contributed by atoms with Gasteiger partial charge in [0, 0.05) is 11.6 Å². The molecule has 0 N–H and O–H groups in total. The van der Waals surface area contributed by atoms with E-state index >= 15 is 0 Å². The van der Waals surface area contributed by atoms with Crippen molar-refractivity contribution in [1.82, 2.24) is 0 Å². The van der Waals surface area contributed by atoms with Gasteiger partial charge >= 0.3 is 18.9 Å². The van der Waals surface area contributed by atoms with Crippen LogP contribution in [0.1, 0.15) is 15.9 Å². The number of carboxylic acids is 1. The van der Waals surface area contributed by atoms with Gasteiger partial charge in [0.05, 0.1) is 10.9 Å². The summed E-state index contributed by atoms with van der Waals surface area (Å²) in [6.07, 6.45) is 0. The van der Waals surface area contributed by atoms with Gasteiger partial charge in [-0.05, 0) is 24.6 Å². The first-order valence-electron chi connectivity index (χ1n) is 3.49. The van der Waals surface area contributed by atoms with E-state index in [0.29, 0.717) is 5.56 Å². The Kier molecular flexibility index (Phi) is 4.34. The van der Waals surface area contributed by atoms with E-state index < -0.39 is 10.9 Å². The Labute approximate surface area is 92.1 Å². The molecule has 5 nitrogen and oxygen atoms in total. The van der Waals surface area contributed by atoms with Crippen molar-refractivity contribution < 1.29 is 33.7 Å². The molecule has 0 radical (unpaired) electrons. The standard InChI is InChI=1S/C8H7NO4.Li/c1-5-4-6(8(10)11)2-3-7(5)9(12)13;/h2-4H,1H3,(H,10,11);/q;+1/p-1. The third-order valence-electron chi connectivity index (χ3n) is 1.63. The van der Waals surface area contributed by atoms with Crippen molar-refractivity contribution in [3.05, 3.63) is 39.4 Å². The van der Waals surface area contributed by atoms with Gasteiger partial charge in [-0.25, -0.2) is 0 Å². The number of aromatic carboxylic acids is 1. The van der Waals surface area contributed by atoms with Gasteiger partial charge in [-0.3, -0.25) is 10.1 Å². The Morgan fingerprint density at radius 2 is 2.00 bits per heavy atom. The average molecular weight is 187 g/mol. The van der Waals surface area contributed by atoms with E-state index in [4.69, 9.17) is 0 Å². The molecule has 0 saturated carbocycles. The molecule has 0 fully saturated rings. The zero-order chi connectivity index (χ0) is 10.0. The molecule has 1 rings (SSSR count). The minimum absolute atomic E-state index is 0. The smallest absolute Gasteiger partial charge is 0.545 e. The van der Waals surface area contributed by atoms with E-state index in [9.17, 15) is 20.0 Å². The molecule has 0 spiro atoms. The van der Waals surface area contributed by atoms with Crippen LogP contribution in [0.3, 0.4) is 0 Å². The fraction of sp³-hybridized carbons (Fsp3) is 0.125. The molecule has 0 aliphatic carbocycles. The number of nitro benzene ring substituents is 1. The SMILES string of the molecule is Cc1cc(C(=O)[O-])ccc1[N+](=O)[O-].[Li+]. The van der Waals surface area contributed by atoms with E-state index in [-0.39, 0.29) is 30.1 Å². The summed E-state index contributed by atoms with van der Waals surface area (Å²) >= 11 is 0. The van der Waals surface area contributed by atoms with Crippen LogP contribution in [-0.2, 0) is 0 Å². The molecule has 0 aliphatic heterocycles. The molecule has 1 aromatic carbocycles. The van der Waals surface area contributed by atoms with Crippen LogP contribution in [0.25, 0.3) is 0 Å². The number of nitro groups is 1. The molecule has 0 aliphatic rings. The molecular weight excluding hydrogens is 181 g/mol. The number of rotatable bonds is 2. The number of hydrogen-bond donors (Lipinski definition) is 0. The normalized spacial score (nSPS) is 8.93. The van der Waals surface area contributed by atoms with Crippen LogP contribution in [-0.4, -0.2) is 10.9 Å². The summed E-state index contributed by atoms with van der Waals surface area (Å²) in [7, 11) is 0. The third kappa shape index (κ3) is 2.59. The predicted molar refractivity (Wildman–Crippen MR) is 42.2 cm³/mol. The molecule has 6 heteroatoms. The van der Waals surface area contributed by atoms with Crippen LogP contribution >= 0.6 is 0 Å². The van der Waals surface area contributed by atoms with Crippen molar-refractivity contribution in [1.29, 1.82) is 0 Å². The molecular formula is C8H6LiNO4. The van der Waals surface area contributed by atoms with Crippen molar-refractivity contribution in [3.8, 4) is 0 Å². The average Bonchev–Trinajstić information content (AvgIpc) is 2.03. The number of nitrogens with zero attached hydrogens (tertiary/aromatic N) is 1. The van der Waals surface area contributed by atoms with Gasteiger partial charge < -0.3 is 9.90 Å². The second-order valence-electron chi connectivity index (χ2n) is 2.55. The number of carboxylic acid groups (broad SMARTS) is 1. The molecule has 0 atom stereocenters. The Morgan fingerprint density at radius 3 is 2.36 bits per heavy atom. The van der Waals surface area contributed by atoms with Gasteiger partial charge in [0.25, 0.3) is 5.69 Å². The Balaban J connectivity index is 0.00000169. The molecule has 0 amide bonds. The van der Waals surface area contributed by atoms with Gasteiger partial charge in [0.2, 0.25) is 0 Å². The summed E-state index contributed by atoms with van der Waals surface area (Å²) in [5, 5.41) is 20.7. The van der Waals surface area contributed by atoms with Crippen LogP contribution in [0.4, 0.5) is 5.69 Å². The predicted octanol–water partition coefficient (Wildman–Crippen LogP) is -2.73. The zero-order valence-electron chi connectivity index (χ0n) is 7.81. The second kappa shape index (κ2) is 4.79. The fourth-order valence-corrected chi connectivity index (χ4v) is 0.987. The van der Waals surface area contributed by atoms with Crippen molar-refractivity contribution in [2.24, 2.45) is 0 Å². The van der Waals surface area contributed by atoms with E-state index in [2.05, 4.69) is 0 Å². The minimum atomic E-state index is -1.34. The molecule has 68 valence electrons. The van der Waals surface area contributed by atoms with Crippen LogP contribution in [0.5, 0.6) is 0 Å². The summed E-state index contributed by atoms with van der Waals surface area (Å²) in [6.45, 7) is 1.48. The number of carbonyl (C=O) groups excluding carboxylic acids is 1. The number of benzene rings is 1. The summed E-state index contributed by atoms with van der Waals surface area (Å²) < 4.78 is 0.